The van der Waals surface area contributed by atoms with Crippen LogP contribution in [0.25, 0.3) is 10.1 Å². The van der Waals surface area contributed by atoms with Gasteiger partial charge in [0, 0.05) is 15.6 Å². The average Bonchev–Trinajstić information content (AvgIpc) is 2.87. The first-order valence-electron chi connectivity index (χ1n) is 6.85. The molecule has 1 N–H and O–H groups in total. The van der Waals surface area contributed by atoms with Gasteiger partial charge in [0.1, 0.15) is 6.04 Å². The first kappa shape index (κ1) is 15.0. The molecule has 3 nitrogen and oxygen atoms in total. The second-order valence-electron chi connectivity index (χ2n) is 5.32. The summed E-state index contributed by atoms with van der Waals surface area (Å²) in [5.74, 6) is -0.00719. The second-order valence-corrected chi connectivity index (χ2v) is 6.44. The molecule has 20 heavy (non-hydrogen) atoms. The highest BCUT2D eigenvalue weighted by Crippen LogP contribution is 2.30. The third-order valence-electron chi connectivity index (χ3n) is 3.42. The van der Waals surface area contributed by atoms with Gasteiger partial charge in [-0.05, 0) is 30.4 Å². The molecule has 0 amide bonds. The molecule has 0 aliphatic carbocycles. The number of nitrogens with one attached hydrogen (secondary N) is 1. The zero-order chi connectivity index (χ0) is 14.7. The lowest BCUT2D eigenvalue weighted by atomic mass is 10.0. The number of methoxy groups -OCH3 is 1. The summed E-state index contributed by atoms with van der Waals surface area (Å²) in [6.07, 6.45) is 0. The van der Waals surface area contributed by atoms with Gasteiger partial charge in [0.2, 0.25) is 0 Å². The van der Waals surface area contributed by atoms with Crippen LogP contribution in [-0.2, 0) is 9.53 Å². The van der Waals surface area contributed by atoms with E-state index in [2.05, 4.69) is 30.4 Å². The standard InChI is InChI=1S/C16H21NO2S/c1-10(2)15(16(18)19-4)17-11(3)14-9-12-7-5-6-8-13(12)20-14/h5-11,15,17H,1-4H3. The minimum atomic E-state index is -0.278. The zero-order valence-electron chi connectivity index (χ0n) is 12.3. The van der Waals surface area contributed by atoms with Crippen LogP contribution in [0.1, 0.15) is 31.7 Å². The quantitative estimate of drug-likeness (QED) is 0.853. The third-order valence-corrected chi connectivity index (χ3v) is 4.72. The van der Waals surface area contributed by atoms with Crippen molar-refractivity contribution in [3.8, 4) is 0 Å². The molecule has 2 atom stereocenters. The molecular weight excluding hydrogens is 270 g/mol. The van der Waals surface area contributed by atoms with Crippen molar-refractivity contribution in [3.05, 3.63) is 35.2 Å². The fourth-order valence-corrected chi connectivity index (χ4v) is 3.30. The molecule has 0 aliphatic heterocycles. The maximum atomic E-state index is 11.8. The summed E-state index contributed by atoms with van der Waals surface area (Å²) < 4.78 is 6.14. The lowest BCUT2D eigenvalue weighted by Gasteiger charge is -2.23. The van der Waals surface area contributed by atoms with E-state index in [1.165, 1.54) is 22.1 Å². The minimum Gasteiger partial charge on any atom is -0.468 e. The van der Waals surface area contributed by atoms with Crippen molar-refractivity contribution in [1.29, 1.82) is 0 Å². The number of hydrogen-bond acceptors (Lipinski definition) is 4. The van der Waals surface area contributed by atoms with Gasteiger partial charge in [-0.3, -0.25) is 10.1 Å². The Kier molecular flexibility index (Phi) is 4.78. The smallest absolute Gasteiger partial charge is 0.323 e. The van der Waals surface area contributed by atoms with E-state index < -0.39 is 0 Å². The van der Waals surface area contributed by atoms with Crippen molar-refractivity contribution < 1.29 is 9.53 Å². The topological polar surface area (TPSA) is 38.3 Å². The highest BCUT2D eigenvalue weighted by Gasteiger charge is 2.25. The number of fused-ring (bicyclic) bond motifs is 1. The molecule has 0 saturated heterocycles. The molecule has 1 aromatic heterocycles. The Hall–Kier alpha value is -1.39. The first-order valence-corrected chi connectivity index (χ1v) is 7.67. The van der Waals surface area contributed by atoms with E-state index in [1.807, 2.05) is 26.0 Å². The highest BCUT2D eigenvalue weighted by atomic mass is 32.1. The molecular formula is C16H21NO2S. The van der Waals surface area contributed by atoms with E-state index in [1.54, 1.807) is 11.3 Å². The third kappa shape index (κ3) is 3.19. The van der Waals surface area contributed by atoms with Crippen LogP contribution >= 0.6 is 11.3 Å². The number of benzene rings is 1. The molecule has 1 aromatic carbocycles. The predicted molar refractivity (Wildman–Crippen MR) is 84.0 cm³/mol. The Bertz CT molecular complexity index is 558. The summed E-state index contributed by atoms with van der Waals surface area (Å²) in [6, 6.07) is 10.4. The van der Waals surface area contributed by atoms with Gasteiger partial charge in [0.15, 0.2) is 0 Å². The molecule has 0 bridgehead atoms. The van der Waals surface area contributed by atoms with Gasteiger partial charge in [0.25, 0.3) is 0 Å². The number of esters is 1. The molecule has 4 heteroatoms. The second kappa shape index (κ2) is 6.37. The van der Waals surface area contributed by atoms with Gasteiger partial charge in [0.05, 0.1) is 7.11 Å². The van der Waals surface area contributed by atoms with Crippen LogP contribution in [0.3, 0.4) is 0 Å². The lowest BCUT2D eigenvalue weighted by Crippen LogP contribution is -2.42. The van der Waals surface area contributed by atoms with Gasteiger partial charge < -0.3 is 4.74 Å². The Balaban J connectivity index is 2.17. The van der Waals surface area contributed by atoms with Crippen molar-refractivity contribution in [2.24, 2.45) is 5.92 Å². The summed E-state index contributed by atoms with van der Waals surface area (Å²) >= 11 is 1.76. The van der Waals surface area contributed by atoms with E-state index in [0.717, 1.165) is 0 Å². The van der Waals surface area contributed by atoms with Gasteiger partial charge in [-0.1, -0.05) is 32.0 Å². The number of rotatable bonds is 5. The minimum absolute atomic E-state index is 0.124. The normalized spacial score (nSPS) is 14.4. The van der Waals surface area contributed by atoms with E-state index in [9.17, 15) is 4.79 Å². The predicted octanol–water partition coefficient (Wildman–Crippen LogP) is 3.75. The Labute approximate surface area is 123 Å². The van der Waals surface area contributed by atoms with Crippen molar-refractivity contribution in [1.82, 2.24) is 5.32 Å². The van der Waals surface area contributed by atoms with Gasteiger partial charge in [-0.15, -0.1) is 11.3 Å². The molecule has 108 valence electrons. The van der Waals surface area contributed by atoms with E-state index in [4.69, 9.17) is 4.74 Å². The van der Waals surface area contributed by atoms with Crippen molar-refractivity contribution in [3.63, 3.8) is 0 Å². The van der Waals surface area contributed by atoms with Crippen LogP contribution in [0.4, 0.5) is 0 Å². The summed E-state index contributed by atoms with van der Waals surface area (Å²) in [4.78, 5) is 13.0. The monoisotopic (exact) mass is 291 g/mol. The van der Waals surface area contributed by atoms with Crippen LogP contribution in [0.15, 0.2) is 30.3 Å². The molecule has 2 unspecified atom stereocenters. The molecule has 0 aliphatic rings. The summed E-state index contributed by atoms with van der Waals surface area (Å²) in [5, 5.41) is 4.63. The number of carbonyl (C=O) groups excluding carboxylic acids is 1. The number of ether oxygens (including phenoxy) is 1. The molecule has 2 aromatic rings. The summed E-state index contributed by atoms with van der Waals surface area (Å²) in [7, 11) is 1.43. The molecule has 0 radical (unpaired) electrons. The molecule has 0 spiro atoms. The average molecular weight is 291 g/mol. The molecule has 0 saturated carbocycles. The van der Waals surface area contributed by atoms with Crippen molar-refractivity contribution >= 4 is 27.4 Å². The maximum absolute atomic E-state index is 11.8. The highest BCUT2D eigenvalue weighted by molar-refractivity contribution is 7.19. The lowest BCUT2D eigenvalue weighted by molar-refractivity contribution is -0.144. The summed E-state index contributed by atoms with van der Waals surface area (Å²) in [5.41, 5.74) is 0. The number of hydrogen-bond donors (Lipinski definition) is 1. The first-order chi connectivity index (χ1) is 9.52. The molecule has 1 heterocycles. The van der Waals surface area contributed by atoms with Crippen molar-refractivity contribution in [2.75, 3.05) is 7.11 Å². The molecule has 2 rings (SSSR count). The summed E-state index contributed by atoms with van der Waals surface area (Å²) in [6.45, 7) is 6.13. The Morgan fingerprint density at radius 1 is 1.25 bits per heavy atom. The van der Waals surface area contributed by atoms with Crippen LogP contribution in [0.5, 0.6) is 0 Å². The fourth-order valence-electron chi connectivity index (χ4n) is 2.23. The largest absolute Gasteiger partial charge is 0.468 e. The number of thiophene rings is 1. The van der Waals surface area contributed by atoms with Gasteiger partial charge in [-0.25, -0.2) is 0 Å². The van der Waals surface area contributed by atoms with Crippen LogP contribution < -0.4 is 5.32 Å². The number of carbonyl (C=O) groups is 1. The van der Waals surface area contributed by atoms with Crippen LogP contribution in [0, 0.1) is 5.92 Å². The van der Waals surface area contributed by atoms with Crippen molar-refractivity contribution in [2.45, 2.75) is 32.9 Å². The van der Waals surface area contributed by atoms with Crippen LogP contribution in [-0.4, -0.2) is 19.1 Å². The van der Waals surface area contributed by atoms with Gasteiger partial charge in [-0.2, -0.15) is 0 Å². The Morgan fingerprint density at radius 3 is 2.55 bits per heavy atom. The SMILES string of the molecule is COC(=O)C(NC(C)c1cc2ccccc2s1)C(C)C. The van der Waals surface area contributed by atoms with E-state index in [-0.39, 0.29) is 24.0 Å². The van der Waals surface area contributed by atoms with E-state index >= 15 is 0 Å². The van der Waals surface area contributed by atoms with E-state index in [0.29, 0.717) is 0 Å². The fraction of sp³-hybridized carbons (Fsp3) is 0.438. The Morgan fingerprint density at radius 2 is 1.95 bits per heavy atom. The zero-order valence-corrected chi connectivity index (χ0v) is 13.2. The van der Waals surface area contributed by atoms with Crippen LogP contribution in [0.2, 0.25) is 0 Å². The van der Waals surface area contributed by atoms with Gasteiger partial charge >= 0.3 is 5.97 Å². The maximum Gasteiger partial charge on any atom is 0.323 e. The molecule has 0 fully saturated rings.